The van der Waals surface area contributed by atoms with E-state index in [1.54, 1.807) is 25.1 Å². The molecule has 184 valence electrons. The van der Waals surface area contributed by atoms with E-state index in [0.717, 1.165) is 19.3 Å². The number of hydrogen-bond acceptors (Lipinski definition) is 5. The van der Waals surface area contributed by atoms with Crippen molar-refractivity contribution in [2.75, 3.05) is 19.8 Å². The van der Waals surface area contributed by atoms with Gasteiger partial charge >= 0.3 is 5.97 Å². The van der Waals surface area contributed by atoms with Gasteiger partial charge in [0, 0.05) is 18.2 Å². The Kier molecular flexibility index (Phi) is 9.43. The van der Waals surface area contributed by atoms with Crippen LogP contribution in [0.25, 0.3) is 6.08 Å². The highest BCUT2D eigenvalue weighted by Gasteiger charge is 2.28. The van der Waals surface area contributed by atoms with Gasteiger partial charge in [-0.15, -0.1) is 0 Å². The van der Waals surface area contributed by atoms with Crippen LogP contribution in [-0.4, -0.2) is 42.5 Å². The van der Waals surface area contributed by atoms with Crippen LogP contribution < -0.4 is 10.1 Å². The van der Waals surface area contributed by atoms with Gasteiger partial charge in [0.2, 0.25) is 0 Å². The molecule has 2 aromatic carbocycles. The number of halogens is 2. The van der Waals surface area contributed by atoms with Crippen LogP contribution in [0.1, 0.15) is 43.9 Å². The standard InChI is InChI=1S/C27H33Cl2NO4/c1-4-33-24(32)12-10-19-9-11-23(26(29)25(19)28)34-17-22(31)16-30-27(2,3)15-18-13-20-7-5-6-8-21(20)14-18/h5-12,18,22,30-31H,4,13-17H2,1-3H3/t22-/m1/s1. The van der Waals surface area contributed by atoms with E-state index in [9.17, 15) is 9.90 Å². The third kappa shape index (κ3) is 7.47. The highest BCUT2D eigenvalue weighted by atomic mass is 35.5. The predicted molar refractivity (Wildman–Crippen MR) is 138 cm³/mol. The van der Waals surface area contributed by atoms with E-state index >= 15 is 0 Å². The third-order valence-electron chi connectivity index (χ3n) is 5.94. The molecule has 1 atom stereocenters. The molecule has 0 unspecified atom stereocenters. The summed E-state index contributed by atoms with van der Waals surface area (Å²) in [5, 5.41) is 14.4. The number of aliphatic hydroxyl groups is 1. The van der Waals surface area contributed by atoms with Crippen molar-refractivity contribution < 1.29 is 19.4 Å². The average Bonchev–Trinajstić information content (AvgIpc) is 3.19. The molecule has 0 saturated carbocycles. The van der Waals surface area contributed by atoms with Crippen molar-refractivity contribution in [2.45, 2.75) is 51.7 Å². The Balaban J connectivity index is 1.46. The normalized spacial score (nSPS) is 14.9. The van der Waals surface area contributed by atoms with Crippen molar-refractivity contribution in [1.82, 2.24) is 5.32 Å². The van der Waals surface area contributed by atoms with E-state index in [1.165, 1.54) is 17.2 Å². The Bertz CT molecular complexity index is 997. The van der Waals surface area contributed by atoms with Crippen LogP contribution >= 0.6 is 23.2 Å². The summed E-state index contributed by atoms with van der Waals surface area (Å²) in [6, 6.07) is 12.0. The number of fused-ring (bicyclic) bond motifs is 1. The topological polar surface area (TPSA) is 67.8 Å². The first-order valence-corrected chi connectivity index (χ1v) is 12.4. The summed E-state index contributed by atoms with van der Waals surface area (Å²) in [6.07, 6.45) is 5.37. The molecule has 1 aliphatic carbocycles. The molecule has 7 heteroatoms. The smallest absolute Gasteiger partial charge is 0.330 e. The van der Waals surface area contributed by atoms with Crippen LogP contribution in [0.5, 0.6) is 5.75 Å². The first-order chi connectivity index (χ1) is 16.2. The van der Waals surface area contributed by atoms with Crippen LogP contribution in [0.2, 0.25) is 10.0 Å². The minimum Gasteiger partial charge on any atom is -0.489 e. The Morgan fingerprint density at radius 2 is 1.85 bits per heavy atom. The first-order valence-electron chi connectivity index (χ1n) is 11.6. The minimum absolute atomic E-state index is 0.0754. The number of ether oxygens (including phenoxy) is 2. The Hall–Kier alpha value is -2.05. The van der Waals surface area contributed by atoms with Crippen molar-refractivity contribution >= 4 is 35.2 Å². The van der Waals surface area contributed by atoms with Crippen molar-refractivity contribution in [3.8, 4) is 5.75 Å². The van der Waals surface area contributed by atoms with E-state index in [-0.39, 0.29) is 22.2 Å². The number of nitrogens with one attached hydrogen (secondary N) is 1. The molecule has 0 aromatic heterocycles. The lowest BCUT2D eigenvalue weighted by Crippen LogP contribution is -2.46. The largest absolute Gasteiger partial charge is 0.489 e. The first kappa shape index (κ1) is 26.6. The lowest BCUT2D eigenvalue weighted by molar-refractivity contribution is -0.137. The molecule has 5 nitrogen and oxygen atoms in total. The van der Waals surface area contributed by atoms with E-state index in [0.29, 0.717) is 30.4 Å². The Morgan fingerprint density at radius 1 is 1.18 bits per heavy atom. The average molecular weight is 506 g/mol. The Labute approximate surface area is 212 Å². The zero-order valence-corrected chi connectivity index (χ0v) is 21.5. The van der Waals surface area contributed by atoms with Crippen LogP contribution in [0.3, 0.4) is 0 Å². The van der Waals surface area contributed by atoms with Crippen molar-refractivity contribution in [3.05, 3.63) is 69.2 Å². The monoisotopic (exact) mass is 505 g/mol. The molecule has 34 heavy (non-hydrogen) atoms. The maximum absolute atomic E-state index is 11.5. The molecular weight excluding hydrogens is 473 g/mol. The number of carbonyl (C=O) groups excluding carboxylic acids is 1. The van der Waals surface area contributed by atoms with Gasteiger partial charge in [0.05, 0.1) is 11.6 Å². The number of β-amino-alcohol motifs (C(OH)–C–C–N with tert-alkyl or cyclic N) is 1. The molecule has 0 heterocycles. The van der Waals surface area contributed by atoms with E-state index < -0.39 is 12.1 Å². The fourth-order valence-electron chi connectivity index (χ4n) is 4.36. The third-order valence-corrected chi connectivity index (χ3v) is 6.82. The lowest BCUT2D eigenvalue weighted by atomic mass is 9.88. The van der Waals surface area contributed by atoms with Gasteiger partial charge in [0.1, 0.15) is 23.5 Å². The van der Waals surface area contributed by atoms with Crippen molar-refractivity contribution in [3.63, 3.8) is 0 Å². The fraction of sp³-hybridized carbons (Fsp3) is 0.444. The maximum Gasteiger partial charge on any atom is 0.330 e. The predicted octanol–water partition coefficient (Wildman–Crippen LogP) is 5.48. The SMILES string of the molecule is CCOC(=O)C=Cc1ccc(OC[C@H](O)CNC(C)(C)CC2Cc3ccccc3C2)c(Cl)c1Cl. The van der Waals surface area contributed by atoms with Crippen LogP contribution in [0.15, 0.2) is 42.5 Å². The molecule has 0 fully saturated rings. The number of rotatable bonds is 11. The van der Waals surface area contributed by atoms with E-state index in [2.05, 4.69) is 43.4 Å². The van der Waals surface area contributed by atoms with E-state index in [4.69, 9.17) is 32.7 Å². The van der Waals surface area contributed by atoms with Crippen LogP contribution in [0.4, 0.5) is 0 Å². The molecule has 0 radical (unpaired) electrons. The van der Waals surface area contributed by atoms with Crippen LogP contribution in [-0.2, 0) is 22.4 Å². The van der Waals surface area contributed by atoms with Gasteiger partial charge in [-0.3, -0.25) is 0 Å². The highest BCUT2D eigenvalue weighted by Crippen LogP contribution is 2.35. The molecule has 0 aliphatic heterocycles. The summed E-state index contributed by atoms with van der Waals surface area (Å²) in [4.78, 5) is 11.5. The summed E-state index contributed by atoms with van der Waals surface area (Å²) in [5.74, 6) is 0.527. The van der Waals surface area contributed by atoms with Gasteiger partial charge < -0.3 is 19.9 Å². The minimum atomic E-state index is -0.710. The zero-order valence-electron chi connectivity index (χ0n) is 19.9. The number of carbonyl (C=O) groups is 1. The lowest BCUT2D eigenvalue weighted by Gasteiger charge is -2.30. The molecule has 1 aliphatic rings. The van der Waals surface area contributed by atoms with Crippen molar-refractivity contribution in [1.29, 1.82) is 0 Å². The molecule has 0 bridgehead atoms. The Morgan fingerprint density at radius 3 is 2.50 bits per heavy atom. The second-order valence-corrected chi connectivity index (χ2v) is 10.1. The zero-order chi connectivity index (χ0) is 24.7. The summed E-state index contributed by atoms with van der Waals surface area (Å²) < 4.78 is 10.6. The molecule has 2 aromatic rings. The van der Waals surface area contributed by atoms with E-state index in [1.807, 2.05) is 0 Å². The fourth-order valence-corrected chi connectivity index (χ4v) is 4.81. The molecule has 0 saturated heterocycles. The summed E-state index contributed by atoms with van der Waals surface area (Å²) >= 11 is 12.7. The molecule has 0 amide bonds. The van der Waals surface area contributed by atoms with Gasteiger partial charge in [0.25, 0.3) is 0 Å². The van der Waals surface area contributed by atoms with Gasteiger partial charge in [-0.2, -0.15) is 0 Å². The quantitative estimate of drug-likeness (QED) is 0.312. The van der Waals surface area contributed by atoms with Gasteiger partial charge in [0.15, 0.2) is 0 Å². The second kappa shape index (κ2) is 12.1. The van der Waals surface area contributed by atoms with Crippen molar-refractivity contribution in [2.24, 2.45) is 5.92 Å². The number of benzene rings is 2. The number of esters is 1. The highest BCUT2D eigenvalue weighted by molar-refractivity contribution is 6.43. The summed E-state index contributed by atoms with van der Waals surface area (Å²) in [7, 11) is 0. The van der Waals surface area contributed by atoms with Gasteiger partial charge in [-0.25, -0.2) is 4.79 Å². The second-order valence-electron chi connectivity index (χ2n) is 9.34. The number of aliphatic hydroxyl groups excluding tert-OH is 1. The number of hydrogen-bond donors (Lipinski definition) is 2. The molecule has 0 spiro atoms. The summed E-state index contributed by atoms with van der Waals surface area (Å²) in [5.41, 5.74) is 3.37. The molecule has 2 N–H and O–H groups in total. The summed E-state index contributed by atoms with van der Waals surface area (Å²) in [6.45, 7) is 6.85. The van der Waals surface area contributed by atoms with Crippen LogP contribution in [0, 0.1) is 5.92 Å². The molecular formula is C27H33Cl2NO4. The molecule has 3 rings (SSSR count). The van der Waals surface area contributed by atoms with Gasteiger partial charge in [-0.05, 0) is 80.9 Å². The maximum atomic E-state index is 11.5. The van der Waals surface area contributed by atoms with Gasteiger partial charge in [-0.1, -0.05) is 47.5 Å².